The van der Waals surface area contributed by atoms with Gasteiger partial charge < -0.3 is 14.4 Å². The minimum Gasteiger partial charge on any atom is -0.381 e. The van der Waals surface area contributed by atoms with Gasteiger partial charge in [0.05, 0.1) is 19.1 Å². The van der Waals surface area contributed by atoms with Gasteiger partial charge in [-0.25, -0.2) is 0 Å². The molecule has 2 saturated heterocycles. The average molecular weight is 307 g/mol. The molecular weight excluding hydrogens is 286 g/mol. The highest BCUT2D eigenvalue weighted by atomic mass is 32.1. The van der Waals surface area contributed by atoms with E-state index in [4.69, 9.17) is 9.47 Å². The predicted molar refractivity (Wildman–Crippen MR) is 80.4 cm³/mol. The summed E-state index contributed by atoms with van der Waals surface area (Å²) in [5.74, 6) is 0.369. The predicted octanol–water partition coefficient (Wildman–Crippen LogP) is 2.17. The van der Waals surface area contributed by atoms with Crippen molar-refractivity contribution in [2.24, 2.45) is 5.92 Å². The maximum atomic E-state index is 12.5. The van der Waals surface area contributed by atoms with E-state index in [1.807, 2.05) is 16.2 Å². The van der Waals surface area contributed by atoms with Gasteiger partial charge in [0.25, 0.3) is 0 Å². The smallest absolute Gasteiger partial charge is 0.228 e. The number of hydrogen-bond donors (Lipinski definition) is 0. The molecule has 2 fully saturated rings. The lowest BCUT2D eigenvalue weighted by molar-refractivity contribution is -0.144. The molecule has 1 atom stereocenters. The van der Waals surface area contributed by atoms with Gasteiger partial charge >= 0.3 is 0 Å². The molecule has 5 heteroatoms. The van der Waals surface area contributed by atoms with Gasteiger partial charge in [-0.3, -0.25) is 4.79 Å². The van der Waals surface area contributed by atoms with Crippen molar-refractivity contribution in [3.63, 3.8) is 0 Å². The first-order chi connectivity index (χ1) is 10.3. The van der Waals surface area contributed by atoms with Crippen LogP contribution >= 0.6 is 11.3 Å². The third-order valence-corrected chi connectivity index (χ3v) is 6.21. The lowest BCUT2D eigenvalue weighted by Gasteiger charge is -2.44. The molecule has 1 aromatic rings. The summed E-state index contributed by atoms with van der Waals surface area (Å²) in [6.45, 7) is 3.77. The van der Waals surface area contributed by atoms with E-state index in [9.17, 15) is 4.79 Å². The van der Waals surface area contributed by atoms with Crippen LogP contribution in [0.25, 0.3) is 0 Å². The highest BCUT2D eigenvalue weighted by molar-refractivity contribution is 7.10. The first kappa shape index (κ1) is 13.7. The van der Waals surface area contributed by atoms with E-state index in [-0.39, 0.29) is 17.4 Å². The molecular formula is C16H21NO3S. The van der Waals surface area contributed by atoms with E-state index in [0.29, 0.717) is 6.61 Å². The van der Waals surface area contributed by atoms with Crippen molar-refractivity contribution >= 4 is 17.2 Å². The first-order valence-electron chi connectivity index (χ1n) is 7.86. The van der Waals surface area contributed by atoms with Gasteiger partial charge in [0.1, 0.15) is 5.60 Å². The van der Waals surface area contributed by atoms with Crippen LogP contribution in [0.5, 0.6) is 0 Å². The normalized spacial score (nSPS) is 27.8. The Kier molecular flexibility index (Phi) is 3.52. The van der Waals surface area contributed by atoms with E-state index in [0.717, 1.165) is 52.0 Å². The lowest BCUT2D eigenvalue weighted by Crippen LogP contribution is -2.49. The molecule has 0 aromatic carbocycles. The third-order valence-electron chi connectivity index (χ3n) is 5.07. The number of amides is 1. The third kappa shape index (κ3) is 2.31. The molecule has 1 amide bonds. The summed E-state index contributed by atoms with van der Waals surface area (Å²) < 4.78 is 11.5. The highest BCUT2D eigenvalue weighted by Crippen LogP contribution is 2.44. The Morgan fingerprint density at radius 2 is 2.19 bits per heavy atom. The van der Waals surface area contributed by atoms with Crippen molar-refractivity contribution < 1.29 is 14.3 Å². The van der Waals surface area contributed by atoms with Gasteiger partial charge in [-0.15, -0.1) is 11.3 Å². The largest absolute Gasteiger partial charge is 0.381 e. The number of fused-ring (bicyclic) bond motifs is 2. The van der Waals surface area contributed by atoms with Crippen LogP contribution in [0.15, 0.2) is 11.4 Å². The Labute approximate surface area is 129 Å². The molecule has 21 heavy (non-hydrogen) atoms. The molecule has 0 saturated carbocycles. The van der Waals surface area contributed by atoms with Gasteiger partial charge in [0, 0.05) is 24.6 Å². The second kappa shape index (κ2) is 5.38. The van der Waals surface area contributed by atoms with Crippen LogP contribution in [0, 0.1) is 5.92 Å². The maximum absolute atomic E-state index is 12.5. The molecule has 4 rings (SSSR count). The van der Waals surface area contributed by atoms with E-state index in [1.165, 1.54) is 10.4 Å². The summed E-state index contributed by atoms with van der Waals surface area (Å²) in [4.78, 5) is 15.9. The summed E-state index contributed by atoms with van der Waals surface area (Å²) in [7, 11) is 0. The summed E-state index contributed by atoms with van der Waals surface area (Å²) >= 11 is 1.82. The van der Waals surface area contributed by atoms with Gasteiger partial charge in [0.15, 0.2) is 0 Å². The minimum absolute atomic E-state index is 0.0867. The zero-order valence-corrected chi connectivity index (χ0v) is 13.0. The molecule has 0 N–H and O–H groups in total. The maximum Gasteiger partial charge on any atom is 0.228 e. The zero-order chi connectivity index (χ0) is 14.3. The average Bonchev–Trinajstić information content (AvgIpc) is 3.19. The Hall–Kier alpha value is -0.910. The summed E-state index contributed by atoms with van der Waals surface area (Å²) in [5.41, 5.74) is 1.33. The van der Waals surface area contributed by atoms with Crippen molar-refractivity contribution in [2.45, 2.75) is 31.3 Å². The van der Waals surface area contributed by atoms with Crippen LogP contribution in [-0.2, 0) is 26.3 Å². The van der Waals surface area contributed by atoms with Gasteiger partial charge in [-0.05, 0) is 42.7 Å². The number of rotatable bonds is 1. The van der Waals surface area contributed by atoms with Crippen molar-refractivity contribution in [1.82, 2.24) is 4.90 Å². The van der Waals surface area contributed by atoms with E-state index >= 15 is 0 Å². The van der Waals surface area contributed by atoms with E-state index < -0.39 is 0 Å². The molecule has 1 unspecified atom stereocenters. The number of thiophene rings is 1. The monoisotopic (exact) mass is 307 g/mol. The number of hydrogen-bond acceptors (Lipinski definition) is 4. The summed E-state index contributed by atoms with van der Waals surface area (Å²) in [6, 6.07) is 2.23. The van der Waals surface area contributed by atoms with Crippen LogP contribution < -0.4 is 0 Å². The Morgan fingerprint density at radius 1 is 1.33 bits per heavy atom. The quantitative estimate of drug-likeness (QED) is 0.798. The van der Waals surface area contributed by atoms with Gasteiger partial charge in [-0.2, -0.15) is 0 Å². The molecule has 3 aliphatic heterocycles. The molecule has 0 bridgehead atoms. The molecule has 0 radical (unpaired) electrons. The molecule has 4 nitrogen and oxygen atoms in total. The molecule has 1 spiro atoms. The van der Waals surface area contributed by atoms with Crippen molar-refractivity contribution in [2.75, 3.05) is 32.9 Å². The second-order valence-corrected chi connectivity index (χ2v) is 7.17. The SMILES string of the molecule is O=C(C1CCOC1)N1CCC2(CC1)OCCc1ccsc12. The van der Waals surface area contributed by atoms with Crippen LogP contribution in [0.1, 0.15) is 29.7 Å². The van der Waals surface area contributed by atoms with Crippen molar-refractivity contribution in [1.29, 1.82) is 0 Å². The number of ether oxygens (including phenoxy) is 2. The van der Waals surface area contributed by atoms with Crippen molar-refractivity contribution in [3.05, 3.63) is 21.9 Å². The van der Waals surface area contributed by atoms with Crippen LogP contribution in [0.3, 0.4) is 0 Å². The fourth-order valence-corrected chi connectivity index (χ4v) is 4.97. The molecule has 1 aromatic heterocycles. The topological polar surface area (TPSA) is 38.8 Å². The number of carbonyl (C=O) groups excluding carboxylic acids is 1. The fourth-order valence-electron chi connectivity index (χ4n) is 3.80. The van der Waals surface area contributed by atoms with Crippen LogP contribution in [-0.4, -0.2) is 43.7 Å². The number of carbonyl (C=O) groups is 1. The lowest BCUT2D eigenvalue weighted by atomic mass is 9.85. The van der Waals surface area contributed by atoms with Crippen molar-refractivity contribution in [3.8, 4) is 0 Å². The van der Waals surface area contributed by atoms with Gasteiger partial charge in [-0.1, -0.05) is 0 Å². The molecule has 4 heterocycles. The molecule has 114 valence electrons. The standard InChI is InChI=1S/C16H21NO3S/c18-15(13-1-8-19-11-13)17-6-4-16(5-7-17)14-12(2-9-20-16)3-10-21-14/h3,10,13H,1-2,4-9,11H2. The molecule has 3 aliphatic rings. The first-order valence-corrected chi connectivity index (χ1v) is 8.74. The minimum atomic E-state index is -0.120. The van der Waals surface area contributed by atoms with Crippen LogP contribution in [0.4, 0.5) is 0 Å². The summed E-state index contributed by atoms with van der Waals surface area (Å²) in [5, 5.41) is 2.18. The Balaban J connectivity index is 1.47. The zero-order valence-electron chi connectivity index (χ0n) is 12.2. The number of piperidine rings is 1. The van der Waals surface area contributed by atoms with Gasteiger partial charge in [0.2, 0.25) is 5.91 Å². The molecule has 0 aliphatic carbocycles. The highest BCUT2D eigenvalue weighted by Gasteiger charge is 2.43. The van der Waals surface area contributed by atoms with Crippen LogP contribution in [0.2, 0.25) is 0 Å². The second-order valence-electron chi connectivity index (χ2n) is 6.25. The summed E-state index contributed by atoms with van der Waals surface area (Å²) in [6.07, 6.45) is 3.77. The fraction of sp³-hybridized carbons (Fsp3) is 0.688. The van der Waals surface area contributed by atoms with E-state index in [2.05, 4.69) is 11.4 Å². The number of likely N-dealkylation sites (tertiary alicyclic amines) is 1. The Bertz CT molecular complexity index is 527. The van der Waals surface area contributed by atoms with E-state index in [1.54, 1.807) is 0 Å². The number of nitrogens with zero attached hydrogens (tertiary/aromatic N) is 1. The Morgan fingerprint density at radius 3 is 2.95 bits per heavy atom.